The van der Waals surface area contributed by atoms with Gasteiger partial charge in [-0.2, -0.15) is 0 Å². The minimum atomic E-state index is 0.552. The molecule has 0 aliphatic carbocycles. The number of rotatable bonds is 3. The third-order valence-electron chi connectivity index (χ3n) is 3.11. The molecule has 0 radical (unpaired) electrons. The molecule has 3 rings (SSSR count). The highest BCUT2D eigenvalue weighted by molar-refractivity contribution is 9.11. The number of ether oxygens (including phenoxy) is 1. The molecule has 0 aromatic heterocycles. The van der Waals surface area contributed by atoms with Crippen LogP contribution in [0.15, 0.2) is 69.6 Å². The van der Waals surface area contributed by atoms with E-state index in [2.05, 4.69) is 62.2 Å². The quantitative estimate of drug-likeness (QED) is 0.536. The highest BCUT2D eigenvalue weighted by atomic mass is 79.9. The third-order valence-corrected chi connectivity index (χ3v) is 4.42. The van der Waals surface area contributed by atoms with Crippen LogP contribution in [0.25, 0.3) is 10.8 Å². The van der Waals surface area contributed by atoms with Gasteiger partial charge in [-0.1, -0.05) is 58.4 Å². The largest absolute Gasteiger partial charge is 0.488 e. The van der Waals surface area contributed by atoms with Crippen molar-refractivity contribution >= 4 is 42.6 Å². The fraction of sp³-hybridized carbons (Fsp3) is 0.0588. The Balaban J connectivity index is 1.86. The third kappa shape index (κ3) is 2.89. The zero-order valence-corrected chi connectivity index (χ0v) is 13.8. The van der Waals surface area contributed by atoms with Gasteiger partial charge in [0, 0.05) is 4.47 Å². The molecular weight excluding hydrogens is 380 g/mol. The van der Waals surface area contributed by atoms with Crippen molar-refractivity contribution in [2.75, 3.05) is 0 Å². The van der Waals surface area contributed by atoms with Gasteiger partial charge < -0.3 is 4.74 Å². The van der Waals surface area contributed by atoms with Gasteiger partial charge in [0.25, 0.3) is 0 Å². The van der Waals surface area contributed by atoms with E-state index >= 15 is 0 Å². The highest BCUT2D eigenvalue weighted by Gasteiger charge is 2.06. The Morgan fingerprint density at radius 1 is 0.850 bits per heavy atom. The number of benzene rings is 3. The van der Waals surface area contributed by atoms with Crippen LogP contribution in [0.2, 0.25) is 0 Å². The first-order chi connectivity index (χ1) is 9.74. The molecule has 3 aromatic carbocycles. The van der Waals surface area contributed by atoms with E-state index in [9.17, 15) is 0 Å². The van der Waals surface area contributed by atoms with Crippen molar-refractivity contribution in [1.29, 1.82) is 0 Å². The molecule has 0 heterocycles. The molecule has 0 saturated heterocycles. The average Bonchev–Trinajstić information content (AvgIpc) is 2.47. The highest BCUT2D eigenvalue weighted by Crippen LogP contribution is 2.33. The van der Waals surface area contributed by atoms with Crippen molar-refractivity contribution in [1.82, 2.24) is 0 Å². The van der Waals surface area contributed by atoms with Crippen LogP contribution >= 0.6 is 31.9 Å². The molecule has 0 aliphatic rings. The summed E-state index contributed by atoms with van der Waals surface area (Å²) < 4.78 is 7.99. The first-order valence-corrected chi connectivity index (χ1v) is 7.87. The number of fused-ring (bicyclic) bond motifs is 1. The lowest BCUT2D eigenvalue weighted by Gasteiger charge is -2.10. The van der Waals surface area contributed by atoms with Crippen molar-refractivity contribution in [2.24, 2.45) is 0 Å². The molecule has 3 aromatic rings. The van der Waals surface area contributed by atoms with E-state index < -0.39 is 0 Å². The van der Waals surface area contributed by atoms with Crippen LogP contribution in [-0.2, 0) is 6.61 Å². The Morgan fingerprint density at radius 2 is 1.70 bits per heavy atom. The minimum Gasteiger partial charge on any atom is -0.488 e. The molecule has 0 unspecified atom stereocenters. The Morgan fingerprint density at radius 3 is 2.55 bits per heavy atom. The first kappa shape index (κ1) is 13.7. The average molecular weight is 392 g/mol. The Kier molecular flexibility index (Phi) is 4.08. The molecule has 0 N–H and O–H groups in total. The molecular formula is C17H12Br2O. The van der Waals surface area contributed by atoms with E-state index in [-0.39, 0.29) is 0 Å². The Bertz CT molecular complexity index is 753. The van der Waals surface area contributed by atoms with Gasteiger partial charge in [-0.3, -0.25) is 0 Å². The lowest BCUT2D eigenvalue weighted by Crippen LogP contribution is -1.96. The number of halogens is 2. The summed E-state index contributed by atoms with van der Waals surface area (Å²) in [7, 11) is 0. The predicted octanol–water partition coefficient (Wildman–Crippen LogP) is 5.94. The second-order valence-corrected chi connectivity index (χ2v) is 6.23. The van der Waals surface area contributed by atoms with E-state index in [4.69, 9.17) is 4.74 Å². The predicted molar refractivity (Wildman–Crippen MR) is 90.1 cm³/mol. The zero-order valence-electron chi connectivity index (χ0n) is 10.6. The summed E-state index contributed by atoms with van der Waals surface area (Å²) in [5.74, 6) is 0.865. The molecule has 100 valence electrons. The molecule has 1 nitrogen and oxygen atoms in total. The molecule has 0 atom stereocenters. The van der Waals surface area contributed by atoms with Crippen LogP contribution in [0.1, 0.15) is 5.56 Å². The van der Waals surface area contributed by atoms with Crippen molar-refractivity contribution in [3.8, 4) is 5.75 Å². The minimum absolute atomic E-state index is 0.552. The summed E-state index contributed by atoms with van der Waals surface area (Å²) in [6, 6.07) is 20.5. The molecule has 0 bridgehead atoms. The van der Waals surface area contributed by atoms with Gasteiger partial charge in [0.15, 0.2) is 0 Å². The lowest BCUT2D eigenvalue weighted by atomic mass is 10.1. The summed E-state index contributed by atoms with van der Waals surface area (Å²) >= 11 is 7.11. The van der Waals surface area contributed by atoms with E-state index in [0.29, 0.717) is 6.61 Å². The van der Waals surface area contributed by atoms with Crippen LogP contribution < -0.4 is 4.74 Å². The molecule has 0 spiro atoms. The normalized spacial score (nSPS) is 10.7. The van der Waals surface area contributed by atoms with Gasteiger partial charge in [0.2, 0.25) is 0 Å². The van der Waals surface area contributed by atoms with E-state index in [1.807, 2.05) is 30.3 Å². The SMILES string of the molecule is Brc1cccc(COc2ccc3ccccc3c2Br)c1. The van der Waals surface area contributed by atoms with Gasteiger partial charge >= 0.3 is 0 Å². The Labute approximate surface area is 134 Å². The van der Waals surface area contributed by atoms with Gasteiger partial charge in [-0.25, -0.2) is 0 Å². The second kappa shape index (κ2) is 5.98. The fourth-order valence-electron chi connectivity index (χ4n) is 2.11. The first-order valence-electron chi connectivity index (χ1n) is 6.28. The number of hydrogen-bond acceptors (Lipinski definition) is 1. The van der Waals surface area contributed by atoms with Crippen molar-refractivity contribution in [3.05, 3.63) is 75.2 Å². The van der Waals surface area contributed by atoms with Crippen molar-refractivity contribution in [3.63, 3.8) is 0 Å². The molecule has 0 fully saturated rings. The number of hydrogen-bond donors (Lipinski definition) is 0. The van der Waals surface area contributed by atoms with E-state index in [1.54, 1.807) is 0 Å². The monoisotopic (exact) mass is 390 g/mol. The fourth-order valence-corrected chi connectivity index (χ4v) is 3.17. The summed E-state index contributed by atoms with van der Waals surface area (Å²) in [5, 5.41) is 2.37. The van der Waals surface area contributed by atoms with Crippen LogP contribution in [0.3, 0.4) is 0 Å². The molecule has 0 saturated carbocycles. The maximum absolute atomic E-state index is 5.92. The van der Waals surface area contributed by atoms with Crippen LogP contribution in [-0.4, -0.2) is 0 Å². The van der Waals surface area contributed by atoms with Crippen molar-refractivity contribution in [2.45, 2.75) is 6.61 Å². The van der Waals surface area contributed by atoms with Gasteiger partial charge in [0.05, 0.1) is 4.47 Å². The Hall–Kier alpha value is -1.32. The summed E-state index contributed by atoms with van der Waals surface area (Å²) in [5.41, 5.74) is 1.14. The van der Waals surface area contributed by atoms with Gasteiger partial charge in [-0.15, -0.1) is 0 Å². The maximum Gasteiger partial charge on any atom is 0.134 e. The molecule has 20 heavy (non-hydrogen) atoms. The summed E-state index contributed by atoms with van der Waals surface area (Å²) in [6.07, 6.45) is 0. The second-order valence-electron chi connectivity index (χ2n) is 4.52. The van der Waals surface area contributed by atoms with Crippen molar-refractivity contribution < 1.29 is 4.74 Å². The zero-order chi connectivity index (χ0) is 13.9. The summed E-state index contributed by atoms with van der Waals surface area (Å²) in [4.78, 5) is 0. The van der Waals surface area contributed by atoms with Gasteiger partial charge in [0.1, 0.15) is 12.4 Å². The topological polar surface area (TPSA) is 9.23 Å². The van der Waals surface area contributed by atoms with Crippen LogP contribution in [0.4, 0.5) is 0 Å². The van der Waals surface area contributed by atoms with E-state index in [1.165, 1.54) is 10.8 Å². The maximum atomic E-state index is 5.92. The smallest absolute Gasteiger partial charge is 0.134 e. The summed E-state index contributed by atoms with van der Waals surface area (Å²) in [6.45, 7) is 0.552. The van der Waals surface area contributed by atoms with Crippen LogP contribution in [0.5, 0.6) is 5.75 Å². The van der Waals surface area contributed by atoms with Crippen LogP contribution in [0, 0.1) is 0 Å². The molecule has 3 heteroatoms. The lowest BCUT2D eigenvalue weighted by molar-refractivity contribution is 0.304. The van der Waals surface area contributed by atoms with E-state index in [0.717, 1.165) is 20.3 Å². The standard InChI is InChI=1S/C17H12Br2O/c18-14-6-3-4-12(10-14)11-20-16-9-8-13-5-1-2-7-15(13)17(16)19/h1-10H,11H2. The molecule has 0 amide bonds. The van der Waals surface area contributed by atoms with Gasteiger partial charge in [-0.05, 0) is 50.5 Å². The molecule has 0 aliphatic heterocycles.